The molecule has 1 unspecified atom stereocenters. The summed E-state index contributed by atoms with van der Waals surface area (Å²) >= 11 is 5.87. The molecule has 1 aliphatic heterocycles. The number of nitrogens with zero attached hydrogens (tertiary/aromatic N) is 2. The molecule has 0 radical (unpaired) electrons. The van der Waals surface area contributed by atoms with Gasteiger partial charge in [-0.05, 0) is 37.4 Å². The highest BCUT2D eigenvalue weighted by atomic mass is 35.5. The van der Waals surface area contributed by atoms with Crippen molar-refractivity contribution in [3.05, 3.63) is 29.6 Å². The van der Waals surface area contributed by atoms with Crippen LogP contribution in [0.25, 0.3) is 0 Å². The SMILES string of the molecule is Cc1cccnc1CN1CCC(CCl)C1. The van der Waals surface area contributed by atoms with Gasteiger partial charge in [0.15, 0.2) is 0 Å². The number of rotatable bonds is 3. The van der Waals surface area contributed by atoms with E-state index < -0.39 is 0 Å². The quantitative estimate of drug-likeness (QED) is 0.734. The molecule has 1 aromatic rings. The summed E-state index contributed by atoms with van der Waals surface area (Å²) in [6, 6.07) is 4.11. The van der Waals surface area contributed by atoms with Gasteiger partial charge in [0.25, 0.3) is 0 Å². The number of hydrogen-bond donors (Lipinski definition) is 0. The van der Waals surface area contributed by atoms with E-state index in [4.69, 9.17) is 11.6 Å². The molecule has 3 heteroatoms. The molecule has 2 heterocycles. The van der Waals surface area contributed by atoms with Crippen LogP contribution >= 0.6 is 11.6 Å². The molecular weight excluding hydrogens is 208 g/mol. The minimum Gasteiger partial charge on any atom is -0.297 e. The van der Waals surface area contributed by atoms with Crippen LogP contribution in [0, 0.1) is 12.8 Å². The third kappa shape index (κ3) is 2.70. The van der Waals surface area contributed by atoms with Crippen molar-refractivity contribution in [2.24, 2.45) is 5.92 Å². The highest BCUT2D eigenvalue weighted by molar-refractivity contribution is 6.18. The lowest BCUT2D eigenvalue weighted by molar-refractivity contribution is 0.316. The largest absolute Gasteiger partial charge is 0.297 e. The Balaban J connectivity index is 1.96. The lowest BCUT2D eigenvalue weighted by Gasteiger charge is -2.15. The molecule has 0 saturated carbocycles. The summed E-state index contributed by atoms with van der Waals surface area (Å²) in [6.07, 6.45) is 3.10. The van der Waals surface area contributed by atoms with Gasteiger partial charge in [-0.15, -0.1) is 11.6 Å². The highest BCUT2D eigenvalue weighted by Gasteiger charge is 2.21. The van der Waals surface area contributed by atoms with Crippen LogP contribution in [0.4, 0.5) is 0 Å². The van der Waals surface area contributed by atoms with Crippen LogP contribution in [0.2, 0.25) is 0 Å². The summed E-state index contributed by atoms with van der Waals surface area (Å²) in [4.78, 5) is 6.86. The zero-order valence-electron chi connectivity index (χ0n) is 9.12. The zero-order chi connectivity index (χ0) is 10.7. The Labute approximate surface area is 96.3 Å². The van der Waals surface area contributed by atoms with E-state index in [1.807, 2.05) is 12.3 Å². The normalized spacial score (nSPS) is 22.1. The van der Waals surface area contributed by atoms with Crippen LogP contribution in [0.1, 0.15) is 17.7 Å². The molecule has 0 bridgehead atoms. The monoisotopic (exact) mass is 224 g/mol. The van der Waals surface area contributed by atoms with E-state index >= 15 is 0 Å². The maximum Gasteiger partial charge on any atom is 0.0573 e. The van der Waals surface area contributed by atoms with Crippen LogP contribution in [-0.2, 0) is 6.54 Å². The summed E-state index contributed by atoms with van der Waals surface area (Å²) < 4.78 is 0. The van der Waals surface area contributed by atoms with Gasteiger partial charge in [0.2, 0.25) is 0 Å². The Bertz CT molecular complexity index is 327. The van der Waals surface area contributed by atoms with Crippen molar-refractivity contribution in [1.82, 2.24) is 9.88 Å². The lowest BCUT2D eigenvalue weighted by atomic mass is 10.2. The van der Waals surface area contributed by atoms with Gasteiger partial charge in [0.05, 0.1) is 5.69 Å². The first-order valence-electron chi connectivity index (χ1n) is 5.48. The van der Waals surface area contributed by atoms with Crippen molar-refractivity contribution in [2.75, 3.05) is 19.0 Å². The number of hydrogen-bond acceptors (Lipinski definition) is 2. The predicted octanol–water partition coefficient (Wildman–Crippen LogP) is 2.45. The van der Waals surface area contributed by atoms with Gasteiger partial charge in [0, 0.05) is 25.2 Å². The molecular formula is C12H17ClN2. The Morgan fingerprint density at radius 1 is 1.60 bits per heavy atom. The first-order valence-corrected chi connectivity index (χ1v) is 6.02. The summed E-state index contributed by atoms with van der Waals surface area (Å²) in [6.45, 7) is 5.38. The summed E-state index contributed by atoms with van der Waals surface area (Å²) in [5.74, 6) is 1.47. The number of aryl methyl sites for hydroxylation is 1. The van der Waals surface area contributed by atoms with Crippen molar-refractivity contribution in [3.63, 3.8) is 0 Å². The van der Waals surface area contributed by atoms with Crippen LogP contribution < -0.4 is 0 Å². The molecule has 1 aromatic heterocycles. The molecule has 0 aromatic carbocycles. The van der Waals surface area contributed by atoms with Crippen LogP contribution in [0.15, 0.2) is 18.3 Å². The first kappa shape index (κ1) is 10.9. The molecule has 1 saturated heterocycles. The van der Waals surface area contributed by atoms with Crippen molar-refractivity contribution >= 4 is 11.6 Å². The van der Waals surface area contributed by atoms with Crippen LogP contribution in [0.5, 0.6) is 0 Å². The average Bonchev–Trinajstić information content (AvgIpc) is 2.69. The third-order valence-corrected chi connectivity index (χ3v) is 3.52. The fourth-order valence-corrected chi connectivity index (χ4v) is 2.33. The number of likely N-dealkylation sites (tertiary alicyclic amines) is 1. The Hall–Kier alpha value is -0.600. The molecule has 2 rings (SSSR count). The predicted molar refractivity (Wildman–Crippen MR) is 63.1 cm³/mol. The topological polar surface area (TPSA) is 16.1 Å². The van der Waals surface area contributed by atoms with Crippen LogP contribution in [0.3, 0.4) is 0 Å². The van der Waals surface area contributed by atoms with Crippen LogP contribution in [-0.4, -0.2) is 28.9 Å². The zero-order valence-corrected chi connectivity index (χ0v) is 9.87. The summed E-state index contributed by atoms with van der Waals surface area (Å²) in [5.41, 5.74) is 2.49. The van der Waals surface area contributed by atoms with Crippen molar-refractivity contribution in [2.45, 2.75) is 19.9 Å². The second kappa shape index (κ2) is 4.95. The maximum absolute atomic E-state index is 5.87. The molecule has 15 heavy (non-hydrogen) atoms. The van der Waals surface area contributed by atoms with Gasteiger partial charge in [-0.3, -0.25) is 9.88 Å². The lowest BCUT2D eigenvalue weighted by Crippen LogP contribution is -2.21. The molecule has 0 spiro atoms. The molecule has 0 amide bonds. The number of halogens is 1. The molecule has 1 aliphatic rings. The second-order valence-corrected chi connectivity index (χ2v) is 4.62. The van der Waals surface area contributed by atoms with E-state index in [9.17, 15) is 0 Å². The van der Waals surface area contributed by atoms with E-state index in [2.05, 4.69) is 22.9 Å². The Kier molecular flexibility index (Phi) is 3.60. The smallest absolute Gasteiger partial charge is 0.0573 e. The maximum atomic E-state index is 5.87. The molecule has 1 fully saturated rings. The summed E-state index contributed by atoms with van der Waals surface area (Å²) in [5, 5.41) is 0. The van der Waals surface area contributed by atoms with Gasteiger partial charge in [-0.1, -0.05) is 6.07 Å². The van der Waals surface area contributed by atoms with E-state index in [0.29, 0.717) is 5.92 Å². The second-order valence-electron chi connectivity index (χ2n) is 4.31. The van der Waals surface area contributed by atoms with E-state index in [-0.39, 0.29) is 0 Å². The van der Waals surface area contributed by atoms with Crippen molar-refractivity contribution in [3.8, 4) is 0 Å². The molecule has 1 atom stereocenters. The minimum absolute atomic E-state index is 0.677. The Morgan fingerprint density at radius 3 is 3.13 bits per heavy atom. The van der Waals surface area contributed by atoms with E-state index in [1.165, 1.54) is 17.7 Å². The minimum atomic E-state index is 0.677. The highest BCUT2D eigenvalue weighted by Crippen LogP contribution is 2.19. The van der Waals surface area contributed by atoms with E-state index in [0.717, 1.165) is 25.5 Å². The van der Waals surface area contributed by atoms with E-state index in [1.54, 1.807) is 0 Å². The van der Waals surface area contributed by atoms with Gasteiger partial charge in [-0.25, -0.2) is 0 Å². The Morgan fingerprint density at radius 2 is 2.47 bits per heavy atom. The third-order valence-electron chi connectivity index (χ3n) is 3.08. The number of alkyl halides is 1. The molecule has 82 valence electrons. The summed E-state index contributed by atoms with van der Waals surface area (Å²) in [7, 11) is 0. The standard InChI is InChI=1S/C12H17ClN2/c1-10-3-2-5-14-12(10)9-15-6-4-11(7-13)8-15/h2-3,5,11H,4,6-9H2,1H3. The van der Waals surface area contributed by atoms with Gasteiger partial charge in [-0.2, -0.15) is 0 Å². The molecule has 0 aliphatic carbocycles. The average molecular weight is 225 g/mol. The first-order chi connectivity index (χ1) is 7.29. The van der Waals surface area contributed by atoms with Crippen molar-refractivity contribution < 1.29 is 0 Å². The van der Waals surface area contributed by atoms with Gasteiger partial charge >= 0.3 is 0 Å². The number of pyridine rings is 1. The molecule has 2 nitrogen and oxygen atoms in total. The van der Waals surface area contributed by atoms with Crippen molar-refractivity contribution in [1.29, 1.82) is 0 Å². The molecule has 0 N–H and O–H groups in total. The van der Waals surface area contributed by atoms with Gasteiger partial charge < -0.3 is 0 Å². The van der Waals surface area contributed by atoms with Gasteiger partial charge in [0.1, 0.15) is 0 Å². The number of aromatic nitrogens is 1. The fourth-order valence-electron chi connectivity index (χ4n) is 2.08. The fraction of sp³-hybridized carbons (Fsp3) is 0.583.